The highest BCUT2D eigenvalue weighted by molar-refractivity contribution is 6.33. The van der Waals surface area contributed by atoms with Crippen molar-refractivity contribution in [1.82, 2.24) is 9.97 Å². The van der Waals surface area contributed by atoms with Crippen LogP contribution in [0.5, 0.6) is 0 Å². The van der Waals surface area contributed by atoms with Gasteiger partial charge < -0.3 is 10.0 Å². The minimum Gasteiger partial charge on any atom is -0.394 e. The maximum Gasteiger partial charge on any atom is 0.224 e. The number of hydrogen-bond acceptors (Lipinski definition) is 4. The number of nitrogens with zero attached hydrogens (tertiary/aromatic N) is 3. The van der Waals surface area contributed by atoms with Crippen molar-refractivity contribution in [2.24, 2.45) is 0 Å². The molecule has 78 valence electrons. The third-order valence-corrected chi connectivity index (χ3v) is 2.40. The predicted octanol–water partition coefficient (Wildman–Crippen LogP) is 1.60. The Hall–Kier alpha value is -0.580. The summed E-state index contributed by atoms with van der Waals surface area (Å²) in [5.41, 5.74) is 0. The van der Waals surface area contributed by atoms with Crippen molar-refractivity contribution in [2.45, 2.75) is 13.0 Å². The van der Waals surface area contributed by atoms with Crippen LogP contribution in [0.3, 0.4) is 0 Å². The second kappa shape index (κ2) is 4.77. The van der Waals surface area contributed by atoms with Gasteiger partial charge in [-0.2, -0.15) is 4.98 Å². The number of halogens is 2. The molecule has 1 unspecified atom stereocenters. The molecule has 0 aromatic carbocycles. The van der Waals surface area contributed by atoms with Crippen LogP contribution in [0.4, 0.5) is 5.82 Å². The molecular formula is C8H11Cl2N3O. The predicted molar refractivity (Wildman–Crippen MR) is 57.0 cm³/mol. The first-order chi connectivity index (χ1) is 6.56. The Morgan fingerprint density at radius 2 is 2.21 bits per heavy atom. The topological polar surface area (TPSA) is 49.2 Å². The molecule has 0 amide bonds. The summed E-state index contributed by atoms with van der Waals surface area (Å²) in [6, 6.07) is -0.0709. The van der Waals surface area contributed by atoms with Crippen molar-refractivity contribution >= 4 is 29.0 Å². The SMILES string of the molecule is CC(CO)N(C)c1nc(Cl)ncc1Cl. The highest BCUT2D eigenvalue weighted by Gasteiger charge is 2.14. The molecule has 1 atom stereocenters. The van der Waals surface area contributed by atoms with Crippen LogP contribution in [0, 0.1) is 0 Å². The van der Waals surface area contributed by atoms with Gasteiger partial charge >= 0.3 is 0 Å². The Kier molecular flexibility index (Phi) is 3.92. The molecule has 4 nitrogen and oxygen atoms in total. The lowest BCUT2D eigenvalue weighted by atomic mass is 10.3. The largest absolute Gasteiger partial charge is 0.394 e. The molecule has 1 N–H and O–H groups in total. The molecule has 1 aromatic heterocycles. The van der Waals surface area contributed by atoms with E-state index in [0.717, 1.165) is 0 Å². The van der Waals surface area contributed by atoms with E-state index in [-0.39, 0.29) is 17.9 Å². The lowest BCUT2D eigenvalue weighted by Gasteiger charge is -2.24. The van der Waals surface area contributed by atoms with E-state index in [2.05, 4.69) is 9.97 Å². The van der Waals surface area contributed by atoms with Crippen molar-refractivity contribution in [2.75, 3.05) is 18.6 Å². The monoisotopic (exact) mass is 235 g/mol. The van der Waals surface area contributed by atoms with Gasteiger partial charge in [0.05, 0.1) is 18.8 Å². The van der Waals surface area contributed by atoms with E-state index in [1.54, 1.807) is 11.9 Å². The average molecular weight is 236 g/mol. The molecule has 14 heavy (non-hydrogen) atoms. The third kappa shape index (κ3) is 2.47. The van der Waals surface area contributed by atoms with Gasteiger partial charge in [0, 0.05) is 7.05 Å². The highest BCUT2D eigenvalue weighted by atomic mass is 35.5. The molecule has 0 aliphatic heterocycles. The van der Waals surface area contributed by atoms with Gasteiger partial charge in [0.1, 0.15) is 5.02 Å². The Bertz CT molecular complexity index is 321. The van der Waals surface area contributed by atoms with Gasteiger partial charge in [-0.1, -0.05) is 11.6 Å². The van der Waals surface area contributed by atoms with E-state index in [9.17, 15) is 0 Å². The molecule has 0 aliphatic rings. The summed E-state index contributed by atoms with van der Waals surface area (Å²) in [7, 11) is 1.78. The van der Waals surface area contributed by atoms with Crippen LogP contribution in [-0.4, -0.2) is 34.8 Å². The molecule has 6 heteroatoms. The van der Waals surface area contributed by atoms with E-state index in [1.807, 2.05) is 6.92 Å². The molecule has 0 radical (unpaired) electrons. The van der Waals surface area contributed by atoms with Crippen LogP contribution >= 0.6 is 23.2 Å². The van der Waals surface area contributed by atoms with Crippen LogP contribution < -0.4 is 4.90 Å². The number of rotatable bonds is 3. The summed E-state index contributed by atoms with van der Waals surface area (Å²) in [4.78, 5) is 9.46. The van der Waals surface area contributed by atoms with Gasteiger partial charge in [0.2, 0.25) is 5.28 Å². The Balaban J connectivity index is 2.99. The van der Waals surface area contributed by atoms with Crippen LogP contribution in [0.25, 0.3) is 0 Å². The van der Waals surface area contributed by atoms with Crippen molar-refractivity contribution in [3.63, 3.8) is 0 Å². The first-order valence-electron chi connectivity index (χ1n) is 4.08. The zero-order valence-electron chi connectivity index (χ0n) is 7.91. The first-order valence-corrected chi connectivity index (χ1v) is 4.83. The number of anilines is 1. The van der Waals surface area contributed by atoms with Gasteiger partial charge in [-0.3, -0.25) is 0 Å². The van der Waals surface area contributed by atoms with Gasteiger partial charge in [-0.15, -0.1) is 0 Å². The molecule has 1 rings (SSSR count). The van der Waals surface area contributed by atoms with Gasteiger partial charge in [0.15, 0.2) is 5.82 Å². The van der Waals surface area contributed by atoms with E-state index >= 15 is 0 Å². The zero-order chi connectivity index (χ0) is 10.7. The quantitative estimate of drug-likeness (QED) is 0.810. The van der Waals surface area contributed by atoms with Crippen molar-refractivity contribution in [3.8, 4) is 0 Å². The summed E-state index contributed by atoms with van der Waals surface area (Å²) < 4.78 is 0. The molecular weight excluding hydrogens is 225 g/mol. The lowest BCUT2D eigenvalue weighted by Crippen LogP contribution is -2.32. The molecule has 0 saturated carbocycles. The maximum absolute atomic E-state index is 8.97. The molecule has 0 bridgehead atoms. The molecule has 0 fully saturated rings. The zero-order valence-corrected chi connectivity index (χ0v) is 9.42. The Morgan fingerprint density at radius 1 is 1.57 bits per heavy atom. The van der Waals surface area contributed by atoms with E-state index in [0.29, 0.717) is 10.8 Å². The summed E-state index contributed by atoms with van der Waals surface area (Å²) in [6.07, 6.45) is 1.44. The minimum atomic E-state index is -0.0709. The highest BCUT2D eigenvalue weighted by Crippen LogP contribution is 2.23. The molecule has 0 spiro atoms. The first kappa shape index (κ1) is 11.5. The Labute approximate surface area is 92.5 Å². The fourth-order valence-corrected chi connectivity index (χ4v) is 1.27. The van der Waals surface area contributed by atoms with E-state index in [4.69, 9.17) is 28.3 Å². The Morgan fingerprint density at radius 3 is 2.79 bits per heavy atom. The standard InChI is InChI=1S/C8H11Cl2N3O/c1-5(4-14)13(2)7-6(9)3-11-8(10)12-7/h3,5,14H,4H2,1-2H3. The van der Waals surface area contributed by atoms with Crippen molar-refractivity contribution in [3.05, 3.63) is 16.5 Å². The summed E-state index contributed by atoms with van der Waals surface area (Å²) >= 11 is 11.5. The van der Waals surface area contributed by atoms with Gasteiger partial charge in [-0.05, 0) is 18.5 Å². The number of hydrogen-bond donors (Lipinski definition) is 1. The van der Waals surface area contributed by atoms with Crippen LogP contribution in [0.2, 0.25) is 10.3 Å². The number of aliphatic hydroxyl groups excluding tert-OH is 1. The lowest BCUT2D eigenvalue weighted by molar-refractivity contribution is 0.270. The van der Waals surface area contributed by atoms with Crippen LogP contribution in [0.1, 0.15) is 6.92 Å². The maximum atomic E-state index is 8.97. The third-order valence-electron chi connectivity index (χ3n) is 1.96. The second-order valence-corrected chi connectivity index (χ2v) is 3.70. The van der Waals surface area contributed by atoms with Crippen molar-refractivity contribution in [1.29, 1.82) is 0 Å². The van der Waals surface area contributed by atoms with Gasteiger partial charge in [0.25, 0.3) is 0 Å². The molecule has 0 saturated heterocycles. The van der Waals surface area contributed by atoms with E-state index in [1.165, 1.54) is 6.20 Å². The number of aromatic nitrogens is 2. The van der Waals surface area contributed by atoms with Gasteiger partial charge in [-0.25, -0.2) is 4.98 Å². The molecule has 1 heterocycles. The summed E-state index contributed by atoms with van der Waals surface area (Å²) in [5, 5.41) is 9.52. The smallest absolute Gasteiger partial charge is 0.224 e. The molecule has 0 aliphatic carbocycles. The summed E-state index contributed by atoms with van der Waals surface area (Å²) in [5.74, 6) is 0.521. The van der Waals surface area contributed by atoms with Crippen LogP contribution in [-0.2, 0) is 0 Å². The summed E-state index contributed by atoms with van der Waals surface area (Å²) in [6.45, 7) is 1.88. The number of likely N-dealkylation sites (N-methyl/N-ethyl adjacent to an activating group) is 1. The van der Waals surface area contributed by atoms with E-state index < -0.39 is 0 Å². The second-order valence-electron chi connectivity index (χ2n) is 2.95. The minimum absolute atomic E-state index is 0.0223. The fraction of sp³-hybridized carbons (Fsp3) is 0.500. The fourth-order valence-electron chi connectivity index (χ4n) is 0.916. The van der Waals surface area contributed by atoms with Crippen molar-refractivity contribution < 1.29 is 5.11 Å². The normalized spacial score (nSPS) is 12.6. The molecule has 1 aromatic rings. The average Bonchev–Trinajstić information content (AvgIpc) is 2.19. The van der Waals surface area contributed by atoms with Crippen LogP contribution in [0.15, 0.2) is 6.20 Å². The number of aliphatic hydroxyl groups is 1.